The van der Waals surface area contributed by atoms with Crippen LogP contribution in [0.1, 0.15) is 31.2 Å². The molecule has 1 N–H and O–H groups in total. The van der Waals surface area contributed by atoms with Crippen molar-refractivity contribution in [3.8, 4) is 11.4 Å². The summed E-state index contributed by atoms with van der Waals surface area (Å²) >= 11 is 0. The summed E-state index contributed by atoms with van der Waals surface area (Å²) in [6, 6.07) is 21.1. The molecule has 44 heavy (non-hydrogen) atoms. The van der Waals surface area contributed by atoms with Crippen LogP contribution in [0.3, 0.4) is 0 Å². The van der Waals surface area contributed by atoms with Crippen molar-refractivity contribution in [3.63, 3.8) is 0 Å². The van der Waals surface area contributed by atoms with Crippen LogP contribution in [0.2, 0.25) is 0 Å². The van der Waals surface area contributed by atoms with Crippen LogP contribution in [-0.2, 0) is 25.7 Å². The summed E-state index contributed by atoms with van der Waals surface area (Å²) in [5.41, 5.74) is 4.24. The molecule has 7 rings (SSSR count). The monoisotopic (exact) mass is 591 g/mol. The van der Waals surface area contributed by atoms with Crippen LogP contribution in [-0.4, -0.2) is 53.1 Å². The molecule has 4 heterocycles. The molecule has 2 fully saturated rings. The maximum Gasteiger partial charge on any atom is 0.309 e. The predicted molar refractivity (Wildman–Crippen MR) is 166 cm³/mol. The smallest absolute Gasteiger partial charge is 0.309 e. The van der Waals surface area contributed by atoms with E-state index in [1.54, 1.807) is 6.20 Å². The molecule has 2 aromatic carbocycles. The number of furan rings is 1. The first kappa shape index (κ1) is 28.0. The molecule has 1 saturated heterocycles. The molecule has 1 saturated carbocycles. The molecule has 10 heteroatoms. The second kappa shape index (κ2) is 12.4. The standard InChI is InChI=1S/C34H33N5O5/c40-32(23-11-13-24(14-12-23)34(41)43-21-22-6-2-1-3-7-22)36-26-9-4-8-25(20-26)30-37-28-27-10-5-15-35-33(27)44-29(28)31(38-30)39-16-18-42-19-17-39/h1-10,15,20,23-24H,11-14,16-19,21H2,(H,36,40). The Labute approximate surface area is 254 Å². The molecule has 3 aromatic heterocycles. The first-order valence-electron chi connectivity index (χ1n) is 15.1. The first-order chi connectivity index (χ1) is 21.6. The number of esters is 1. The van der Waals surface area contributed by atoms with Gasteiger partial charge >= 0.3 is 5.97 Å². The SMILES string of the molecule is O=C(Nc1cccc(-c2nc(N3CCOCC3)c3oc4ncccc4c3n2)c1)C1CCC(C(=O)OCc2ccccc2)CC1. The number of morpholine rings is 1. The molecule has 1 amide bonds. The van der Waals surface area contributed by atoms with Crippen molar-refractivity contribution >= 4 is 45.6 Å². The number of pyridine rings is 1. The minimum atomic E-state index is -0.185. The van der Waals surface area contributed by atoms with E-state index in [-0.39, 0.29) is 30.3 Å². The van der Waals surface area contributed by atoms with Gasteiger partial charge in [-0.05, 0) is 55.5 Å². The van der Waals surface area contributed by atoms with E-state index in [1.807, 2.05) is 66.7 Å². The van der Waals surface area contributed by atoms with E-state index in [0.29, 0.717) is 86.1 Å². The van der Waals surface area contributed by atoms with Crippen LogP contribution in [0.25, 0.3) is 33.6 Å². The third-order valence-electron chi connectivity index (χ3n) is 8.43. The Morgan fingerprint density at radius 2 is 1.70 bits per heavy atom. The zero-order valence-corrected chi connectivity index (χ0v) is 24.3. The molecule has 0 spiro atoms. The van der Waals surface area contributed by atoms with E-state index >= 15 is 0 Å². The van der Waals surface area contributed by atoms with Crippen LogP contribution < -0.4 is 10.2 Å². The summed E-state index contributed by atoms with van der Waals surface area (Å²) in [5.74, 6) is 0.677. The van der Waals surface area contributed by atoms with Gasteiger partial charge in [-0.1, -0.05) is 42.5 Å². The summed E-state index contributed by atoms with van der Waals surface area (Å²) in [7, 11) is 0. The molecule has 1 aliphatic heterocycles. The number of ether oxygens (including phenoxy) is 2. The first-order valence-corrected chi connectivity index (χ1v) is 15.1. The molecule has 10 nitrogen and oxygen atoms in total. The van der Waals surface area contributed by atoms with Crippen molar-refractivity contribution in [1.82, 2.24) is 15.0 Å². The number of carbonyl (C=O) groups excluding carboxylic acids is 2. The second-order valence-electron chi connectivity index (χ2n) is 11.3. The van der Waals surface area contributed by atoms with Crippen LogP contribution in [0, 0.1) is 11.8 Å². The van der Waals surface area contributed by atoms with Crippen molar-refractivity contribution in [2.75, 3.05) is 36.5 Å². The average Bonchev–Trinajstić information content (AvgIpc) is 3.46. The lowest BCUT2D eigenvalue weighted by molar-refractivity contribution is -0.151. The van der Waals surface area contributed by atoms with Gasteiger partial charge in [0.2, 0.25) is 11.6 Å². The van der Waals surface area contributed by atoms with E-state index in [0.717, 1.165) is 16.5 Å². The van der Waals surface area contributed by atoms with Crippen molar-refractivity contribution in [2.24, 2.45) is 11.8 Å². The number of amides is 1. The Hall–Kier alpha value is -4.83. The number of fused-ring (bicyclic) bond motifs is 3. The van der Waals surface area contributed by atoms with Gasteiger partial charge in [-0.3, -0.25) is 9.59 Å². The molecule has 0 bridgehead atoms. The molecule has 0 radical (unpaired) electrons. The highest BCUT2D eigenvalue weighted by atomic mass is 16.5. The quantitative estimate of drug-likeness (QED) is 0.236. The van der Waals surface area contributed by atoms with Gasteiger partial charge in [-0.25, -0.2) is 15.0 Å². The maximum absolute atomic E-state index is 13.3. The van der Waals surface area contributed by atoms with Gasteiger partial charge in [0, 0.05) is 36.5 Å². The number of hydrogen-bond acceptors (Lipinski definition) is 9. The van der Waals surface area contributed by atoms with Crippen molar-refractivity contribution < 1.29 is 23.5 Å². The van der Waals surface area contributed by atoms with Crippen molar-refractivity contribution in [3.05, 3.63) is 78.5 Å². The highest BCUT2D eigenvalue weighted by Crippen LogP contribution is 2.35. The molecule has 0 atom stereocenters. The average molecular weight is 592 g/mol. The van der Waals surface area contributed by atoms with E-state index in [2.05, 4.69) is 15.2 Å². The highest BCUT2D eigenvalue weighted by molar-refractivity contribution is 6.05. The molecule has 5 aromatic rings. The van der Waals surface area contributed by atoms with E-state index < -0.39 is 0 Å². The third kappa shape index (κ3) is 5.85. The van der Waals surface area contributed by atoms with E-state index in [4.69, 9.17) is 23.9 Å². The van der Waals surface area contributed by atoms with Gasteiger partial charge < -0.3 is 24.1 Å². The Bertz CT molecular complexity index is 1790. The van der Waals surface area contributed by atoms with Crippen LogP contribution in [0.4, 0.5) is 11.5 Å². The number of hydrogen-bond donors (Lipinski definition) is 1. The predicted octanol–water partition coefficient (Wildman–Crippen LogP) is 5.76. The number of nitrogens with one attached hydrogen (secondary N) is 1. The summed E-state index contributed by atoms with van der Waals surface area (Å²) in [6.07, 6.45) is 4.25. The molecule has 0 unspecified atom stereocenters. The minimum absolute atomic E-state index is 0.0458. The zero-order chi connectivity index (χ0) is 29.9. The zero-order valence-electron chi connectivity index (χ0n) is 24.3. The lowest BCUT2D eigenvalue weighted by Crippen LogP contribution is -2.37. The molecular weight excluding hydrogens is 558 g/mol. The summed E-state index contributed by atoms with van der Waals surface area (Å²) in [4.78, 5) is 42.2. The number of carbonyl (C=O) groups is 2. The number of rotatable bonds is 7. The van der Waals surface area contributed by atoms with Crippen LogP contribution in [0.5, 0.6) is 0 Å². The van der Waals surface area contributed by atoms with Crippen molar-refractivity contribution in [2.45, 2.75) is 32.3 Å². The number of anilines is 2. The number of nitrogens with zero attached hydrogens (tertiary/aromatic N) is 4. The molecule has 2 aliphatic rings. The van der Waals surface area contributed by atoms with Crippen LogP contribution in [0.15, 0.2) is 77.3 Å². The minimum Gasteiger partial charge on any atom is -0.461 e. The van der Waals surface area contributed by atoms with Gasteiger partial charge in [0.05, 0.1) is 24.5 Å². The largest absolute Gasteiger partial charge is 0.461 e. The summed E-state index contributed by atoms with van der Waals surface area (Å²) < 4.78 is 17.2. The number of benzene rings is 2. The molecule has 1 aliphatic carbocycles. The van der Waals surface area contributed by atoms with Gasteiger partial charge in [0.25, 0.3) is 0 Å². The Kier molecular flexibility index (Phi) is 7.89. The Morgan fingerprint density at radius 1 is 0.909 bits per heavy atom. The lowest BCUT2D eigenvalue weighted by atomic mass is 9.81. The third-order valence-corrected chi connectivity index (χ3v) is 8.43. The van der Waals surface area contributed by atoms with E-state index in [9.17, 15) is 9.59 Å². The van der Waals surface area contributed by atoms with E-state index in [1.165, 1.54) is 0 Å². The van der Waals surface area contributed by atoms with Gasteiger partial charge in [0.15, 0.2) is 17.2 Å². The van der Waals surface area contributed by atoms with Crippen LogP contribution >= 0.6 is 0 Å². The fourth-order valence-electron chi connectivity index (χ4n) is 6.00. The van der Waals surface area contributed by atoms with Gasteiger partial charge in [-0.15, -0.1) is 0 Å². The summed E-state index contributed by atoms with van der Waals surface area (Å²) in [5, 5.41) is 3.91. The van der Waals surface area contributed by atoms with Gasteiger partial charge in [0.1, 0.15) is 12.1 Å². The van der Waals surface area contributed by atoms with Gasteiger partial charge in [-0.2, -0.15) is 0 Å². The number of aromatic nitrogens is 3. The molecular formula is C34H33N5O5. The fraction of sp³-hybridized carbons (Fsp3) is 0.324. The normalized spacial score (nSPS) is 18.8. The second-order valence-corrected chi connectivity index (χ2v) is 11.3. The maximum atomic E-state index is 13.3. The topological polar surface area (TPSA) is 120 Å². The Balaban J connectivity index is 1.05. The van der Waals surface area contributed by atoms with Crippen molar-refractivity contribution in [1.29, 1.82) is 0 Å². The Morgan fingerprint density at radius 3 is 2.52 bits per heavy atom. The highest BCUT2D eigenvalue weighted by Gasteiger charge is 2.31. The molecule has 224 valence electrons. The summed E-state index contributed by atoms with van der Waals surface area (Å²) in [6.45, 7) is 2.88. The lowest BCUT2D eigenvalue weighted by Gasteiger charge is -2.27. The fourth-order valence-corrected chi connectivity index (χ4v) is 6.00.